The first-order valence-corrected chi connectivity index (χ1v) is 16.6. The molecule has 2 atom stereocenters. The van der Waals surface area contributed by atoms with E-state index >= 15 is 0 Å². The van der Waals surface area contributed by atoms with Crippen molar-refractivity contribution < 1.29 is 30.0 Å². The summed E-state index contributed by atoms with van der Waals surface area (Å²) in [6, 6.07) is 32.4. The number of unbranched alkanes of at least 4 members (excludes halogenated alkanes) is 1. The molecule has 0 saturated heterocycles. The quantitative estimate of drug-likeness (QED) is 0.0729. The Bertz CT molecular complexity index is 1760. The van der Waals surface area contributed by atoms with Gasteiger partial charge in [-0.1, -0.05) is 97.4 Å². The fraction of sp³-hybridized carbons (Fsp3) is 0.293. The number of terminal acetylenes is 1. The molecule has 0 heterocycles. The van der Waals surface area contributed by atoms with E-state index in [0.717, 1.165) is 46.3 Å². The molecule has 8 nitrogen and oxygen atoms in total. The molecule has 0 bridgehead atoms. The molecule has 2 N–H and O–H groups in total. The Kier molecular flexibility index (Phi) is 12.1. The third-order valence-electron chi connectivity index (χ3n) is 8.78. The number of nitrogens with one attached hydrogen (secondary N) is 2. The number of Topliss-reactive ketones (excluding diaryl/α,β-unsaturated/α-hetero) is 1. The maximum absolute atomic E-state index is 13.8. The van der Waals surface area contributed by atoms with Crippen LogP contribution >= 0.6 is 0 Å². The highest BCUT2D eigenvalue weighted by atomic mass is 16.5. The molecular weight excluding hydrogens is 616 g/mol. The van der Waals surface area contributed by atoms with Crippen molar-refractivity contribution >= 4 is 17.8 Å². The maximum atomic E-state index is 13.8. The van der Waals surface area contributed by atoms with Crippen LogP contribution in [0.2, 0.25) is 0 Å². The van der Waals surface area contributed by atoms with E-state index in [4.69, 9.17) is 15.6 Å². The van der Waals surface area contributed by atoms with Gasteiger partial charge in [-0.3, -0.25) is 9.59 Å². The zero-order chi connectivity index (χ0) is 35.1. The fourth-order valence-corrected chi connectivity index (χ4v) is 6.25. The minimum Gasteiger partial charge on any atom is -0.489 e. The van der Waals surface area contributed by atoms with Gasteiger partial charge < -0.3 is 24.8 Å². The number of esters is 1. The third-order valence-corrected chi connectivity index (χ3v) is 8.78. The summed E-state index contributed by atoms with van der Waals surface area (Å²) >= 11 is 0. The van der Waals surface area contributed by atoms with E-state index < -0.39 is 24.0 Å². The topological polar surface area (TPSA) is 103 Å². The van der Waals surface area contributed by atoms with Gasteiger partial charge in [-0.2, -0.15) is 0 Å². The lowest BCUT2D eigenvalue weighted by Crippen LogP contribution is -2.43. The molecule has 0 saturated carbocycles. The van der Waals surface area contributed by atoms with E-state index in [1.54, 1.807) is 0 Å². The largest absolute Gasteiger partial charge is 0.489 e. The number of carbonyl (C=O) groups is 3. The third kappa shape index (κ3) is 9.59. The van der Waals surface area contributed by atoms with E-state index in [2.05, 4.69) is 22.8 Å². The predicted octanol–water partition coefficient (Wildman–Crippen LogP) is 6.81. The minimum atomic E-state index is -0.886. The van der Waals surface area contributed by atoms with Crippen LogP contribution in [-0.4, -0.2) is 44.1 Å². The van der Waals surface area contributed by atoms with E-state index in [1.165, 1.54) is 0 Å². The van der Waals surface area contributed by atoms with Crippen LogP contribution in [0.3, 0.4) is 0 Å². The zero-order valence-corrected chi connectivity index (χ0v) is 27.7. The molecule has 49 heavy (non-hydrogen) atoms. The number of alkyl carbamates (subject to hydrolysis) is 1. The summed E-state index contributed by atoms with van der Waals surface area (Å²) in [5, 5.41) is 5.89. The summed E-state index contributed by atoms with van der Waals surface area (Å²) in [7, 11) is 1.86. The molecule has 8 heteroatoms. The van der Waals surface area contributed by atoms with Crippen LogP contribution in [0.5, 0.6) is 5.75 Å². The molecule has 1 unspecified atom stereocenters. The number of amides is 1. The van der Waals surface area contributed by atoms with Gasteiger partial charge in [0.25, 0.3) is 0 Å². The number of benzene rings is 4. The van der Waals surface area contributed by atoms with Gasteiger partial charge in [0.05, 0.1) is 12.0 Å². The average molecular weight is 661 g/mol. The summed E-state index contributed by atoms with van der Waals surface area (Å²) in [4.78, 5) is 40.1. The second-order valence-corrected chi connectivity index (χ2v) is 12.1. The van der Waals surface area contributed by atoms with Crippen molar-refractivity contribution in [1.29, 1.82) is 0 Å². The zero-order valence-electron chi connectivity index (χ0n) is 28.7. The van der Waals surface area contributed by atoms with Crippen LogP contribution in [0.15, 0.2) is 103 Å². The summed E-state index contributed by atoms with van der Waals surface area (Å²) in [6.45, 7) is 1.30. The monoisotopic (exact) mass is 660 g/mol. The molecule has 0 radical (unpaired) electrons. The van der Waals surface area contributed by atoms with Gasteiger partial charge in [0.1, 0.15) is 26.4 Å². The van der Waals surface area contributed by atoms with Crippen molar-refractivity contribution in [3.05, 3.63) is 125 Å². The lowest BCUT2D eigenvalue weighted by Gasteiger charge is -2.21. The van der Waals surface area contributed by atoms with Crippen molar-refractivity contribution in [3.8, 4) is 29.4 Å². The number of hydrogen-bond acceptors (Lipinski definition) is 7. The minimum absolute atomic E-state index is 0.117. The maximum Gasteiger partial charge on any atom is 0.407 e. The van der Waals surface area contributed by atoms with Crippen molar-refractivity contribution in [2.75, 3.05) is 20.2 Å². The average Bonchev–Trinajstić information content (AvgIpc) is 3.47. The first-order chi connectivity index (χ1) is 24.5. The smallest absolute Gasteiger partial charge is 0.407 e. The number of rotatable bonds is 17. The van der Waals surface area contributed by atoms with Crippen LogP contribution in [0.25, 0.3) is 11.1 Å². The lowest BCUT2D eigenvalue weighted by molar-refractivity contribution is -0.143. The number of ketones is 1. The molecule has 1 aliphatic rings. The van der Waals surface area contributed by atoms with Crippen LogP contribution in [0, 0.1) is 18.4 Å². The Morgan fingerprint density at radius 2 is 1.53 bits per heavy atom. The van der Waals surface area contributed by atoms with Gasteiger partial charge in [-0.25, -0.2) is 4.79 Å². The van der Waals surface area contributed by atoms with Crippen LogP contribution in [0.1, 0.15) is 55.2 Å². The molecule has 4 aromatic carbocycles. The van der Waals surface area contributed by atoms with Crippen LogP contribution < -0.4 is 15.4 Å². The standard InChI is InChI=1S/C41H42N2O6/c1-3-47-40(45)31(25-29-20-22-32(23-21-29)48-27-30-13-5-4-6-14-30)26-39(44)38(19-11-12-24-42-2)43-41(46)49-28-37-35-17-9-7-15-33(35)34-16-8-10-18-36(34)37/h1,4-10,13-18,20-23,31,37-38,42H,11-12,19,24-28H2,2H3,(H,43,46)/t31?,38-/m0/s1/i1T. The normalized spacial score (nSPS) is 13.0. The number of carbonyl (C=O) groups excluding carboxylic acids is 3. The molecule has 0 aromatic heterocycles. The second kappa shape index (κ2) is 17.7. The van der Waals surface area contributed by atoms with E-state index in [0.29, 0.717) is 25.2 Å². The van der Waals surface area contributed by atoms with E-state index in [1.807, 2.05) is 111 Å². The Labute approximate surface area is 289 Å². The molecule has 252 valence electrons. The molecule has 0 fully saturated rings. The first kappa shape index (κ1) is 33.5. The Morgan fingerprint density at radius 3 is 2.20 bits per heavy atom. The van der Waals surface area contributed by atoms with Gasteiger partial charge in [0.15, 0.2) is 5.78 Å². The summed E-state index contributed by atoms with van der Waals surface area (Å²) in [5.41, 5.74) is 6.26. The van der Waals surface area contributed by atoms with Gasteiger partial charge in [-0.15, -0.1) is 0 Å². The van der Waals surface area contributed by atoms with Gasteiger partial charge >= 0.3 is 12.1 Å². The first-order valence-electron chi connectivity index (χ1n) is 17.1. The van der Waals surface area contributed by atoms with Gasteiger partial charge in [0.2, 0.25) is 0 Å². The van der Waals surface area contributed by atoms with E-state index in [-0.39, 0.29) is 31.1 Å². The van der Waals surface area contributed by atoms with Crippen molar-refractivity contribution in [1.82, 2.24) is 10.6 Å². The van der Waals surface area contributed by atoms with Gasteiger partial charge in [-0.05, 0) is 84.8 Å². The highest BCUT2D eigenvalue weighted by Crippen LogP contribution is 2.44. The van der Waals surface area contributed by atoms with Gasteiger partial charge in [0, 0.05) is 12.3 Å². The van der Waals surface area contributed by atoms with E-state index in [9.17, 15) is 14.4 Å². The van der Waals surface area contributed by atoms with Crippen LogP contribution in [0.4, 0.5) is 4.79 Å². The van der Waals surface area contributed by atoms with Crippen molar-refractivity contribution in [3.63, 3.8) is 0 Å². The Balaban J connectivity index is 1.24. The number of hydrogen-bond donors (Lipinski definition) is 2. The van der Waals surface area contributed by atoms with Crippen molar-refractivity contribution in [2.24, 2.45) is 5.92 Å². The molecular formula is C41H42N2O6. The van der Waals surface area contributed by atoms with Crippen molar-refractivity contribution in [2.45, 2.75) is 50.7 Å². The Hall–Kier alpha value is -5.39. The molecule has 1 aliphatic carbocycles. The molecule has 0 spiro atoms. The van der Waals surface area contributed by atoms with Crippen LogP contribution in [-0.2, 0) is 32.1 Å². The highest BCUT2D eigenvalue weighted by Gasteiger charge is 2.31. The summed E-state index contributed by atoms with van der Waals surface area (Å²) < 4.78 is 23.7. The molecule has 1 amide bonds. The highest BCUT2D eigenvalue weighted by molar-refractivity contribution is 5.90. The number of fused-ring (bicyclic) bond motifs is 3. The SMILES string of the molecule is [3H]C#COC(=O)C(CC(=O)[C@H](CCCCNC)NC(=O)OCC1c2ccccc2-c2ccccc21)Cc1ccc(OCc2ccccc2)cc1. The predicted molar refractivity (Wildman–Crippen MR) is 189 cm³/mol. The second-order valence-electron chi connectivity index (χ2n) is 12.1. The summed E-state index contributed by atoms with van der Waals surface area (Å²) in [5.74, 6) is -1.36. The fourth-order valence-electron chi connectivity index (χ4n) is 6.25. The lowest BCUT2D eigenvalue weighted by atomic mass is 9.91. The summed E-state index contributed by atoms with van der Waals surface area (Å²) in [6.07, 6.45) is 5.02. The molecule has 4 aromatic rings. The Morgan fingerprint density at radius 1 is 0.857 bits per heavy atom. The molecule has 0 aliphatic heterocycles. The number of ether oxygens (including phenoxy) is 3. The molecule has 5 rings (SSSR count).